The highest BCUT2D eigenvalue weighted by Crippen LogP contribution is 2.32. The van der Waals surface area contributed by atoms with E-state index in [1.807, 2.05) is 49.3 Å². The topological polar surface area (TPSA) is 35.8 Å². The van der Waals surface area contributed by atoms with Crippen LogP contribution in [-0.2, 0) is 0 Å². The van der Waals surface area contributed by atoms with Crippen LogP contribution < -0.4 is 4.90 Å². The maximum atomic E-state index is 12.4. The molecule has 0 fully saturated rings. The Kier molecular flexibility index (Phi) is 5.98. The van der Waals surface area contributed by atoms with Gasteiger partial charge in [-0.15, -0.1) is 0 Å². The van der Waals surface area contributed by atoms with Gasteiger partial charge in [-0.2, -0.15) is 13.2 Å². The third-order valence-electron chi connectivity index (χ3n) is 3.53. The summed E-state index contributed by atoms with van der Waals surface area (Å²) in [5.41, 5.74) is 2.42. The van der Waals surface area contributed by atoms with Crippen molar-refractivity contribution in [2.24, 2.45) is 4.99 Å². The van der Waals surface area contributed by atoms with Gasteiger partial charge in [-0.05, 0) is 41.5 Å². The van der Waals surface area contributed by atoms with Crippen molar-refractivity contribution in [3.05, 3.63) is 65.7 Å². The number of halogens is 3. The number of nitrogens with zero attached hydrogens (tertiary/aromatic N) is 2. The summed E-state index contributed by atoms with van der Waals surface area (Å²) < 4.78 is 37.3. The number of benzene rings is 2. The Morgan fingerprint density at radius 3 is 2.12 bits per heavy atom. The number of allylic oxidation sites excluding steroid dienone is 1. The van der Waals surface area contributed by atoms with E-state index < -0.39 is 12.3 Å². The molecular formula is C19H19F3N2O. The van der Waals surface area contributed by atoms with E-state index in [9.17, 15) is 13.2 Å². The SMILES string of the molecule is CN(C)c1ccc(/C=C/C=Nc2ccc(C(O)C(F)(F)F)cc2)cc1. The number of rotatable bonds is 5. The summed E-state index contributed by atoms with van der Waals surface area (Å²) in [7, 11) is 3.94. The average molecular weight is 348 g/mol. The van der Waals surface area contributed by atoms with Gasteiger partial charge in [0.05, 0.1) is 5.69 Å². The van der Waals surface area contributed by atoms with E-state index in [0.717, 1.165) is 11.3 Å². The first-order chi connectivity index (χ1) is 11.8. The molecule has 1 atom stereocenters. The molecular weight excluding hydrogens is 329 g/mol. The van der Waals surface area contributed by atoms with Crippen molar-refractivity contribution in [3.63, 3.8) is 0 Å². The third-order valence-corrected chi connectivity index (χ3v) is 3.53. The summed E-state index contributed by atoms with van der Waals surface area (Å²) >= 11 is 0. The first kappa shape index (κ1) is 18.7. The monoisotopic (exact) mass is 348 g/mol. The summed E-state index contributed by atoms with van der Waals surface area (Å²) in [6.07, 6.45) is -1.95. The van der Waals surface area contributed by atoms with Crippen LogP contribution in [0.1, 0.15) is 17.2 Å². The summed E-state index contributed by atoms with van der Waals surface area (Å²) in [5, 5.41) is 9.16. The molecule has 2 aromatic rings. The molecule has 0 aliphatic rings. The third kappa shape index (κ3) is 5.46. The Balaban J connectivity index is 1.97. The molecule has 1 unspecified atom stereocenters. The maximum Gasteiger partial charge on any atom is 0.418 e. The largest absolute Gasteiger partial charge is 0.418 e. The molecule has 0 saturated carbocycles. The number of hydrogen-bond acceptors (Lipinski definition) is 3. The van der Waals surface area contributed by atoms with Crippen LogP contribution in [0.15, 0.2) is 59.6 Å². The van der Waals surface area contributed by atoms with Crippen molar-refractivity contribution in [1.29, 1.82) is 0 Å². The second-order valence-electron chi connectivity index (χ2n) is 5.66. The summed E-state index contributed by atoms with van der Waals surface area (Å²) in [5.74, 6) is 0. The molecule has 2 rings (SSSR count). The molecule has 0 radical (unpaired) electrons. The Morgan fingerprint density at radius 2 is 1.60 bits per heavy atom. The number of aliphatic imine (C=N–C) groups is 1. The lowest BCUT2D eigenvalue weighted by atomic mass is 10.1. The van der Waals surface area contributed by atoms with Crippen LogP contribution in [0, 0.1) is 0 Å². The fraction of sp³-hybridized carbons (Fsp3) is 0.211. The standard InChI is InChI=1S/C19H19F3N2O/c1-24(2)17-11-5-14(6-12-17)4-3-13-23-16-9-7-15(8-10-16)18(25)19(20,21)22/h3-13,18,25H,1-2H3/b4-3+,23-13?. The van der Waals surface area contributed by atoms with Crippen molar-refractivity contribution in [1.82, 2.24) is 0 Å². The lowest BCUT2D eigenvalue weighted by molar-refractivity contribution is -0.206. The fourth-order valence-electron chi connectivity index (χ4n) is 2.10. The molecule has 3 nitrogen and oxygen atoms in total. The van der Waals surface area contributed by atoms with Crippen molar-refractivity contribution < 1.29 is 18.3 Å². The van der Waals surface area contributed by atoms with Crippen LogP contribution in [0.25, 0.3) is 6.08 Å². The van der Waals surface area contributed by atoms with Gasteiger partial charge in [-0.3, -0.25) is 4.99 Å². The second kappa shape index (κ2) is 7.98. The molecule has 0 aliphatic carbocycles. The summed E-state index contributed by atoms with van der Waals surface area (Å²) in [4.78, 5) is 6.16. The highest BCUT2D eigenvalue weighted by atomic mass is 19.4. The molecule has 6 heteroatoms. The number of alkyl halides is 3. The van der Waals surface area contributed by atoms with Crippen molar-refractivity contribution in [2.75, 3.05) is 19.0 Å². The van der Waals surface area contributed by atoms with Gasteiger partial charge in [-0.25, -0.2) is 0 Å². The summed E-state index contributed by atoms with van der Waals surface area (Å²) in [6, 6.07) is 13.3. The van der Waals surface area contributed by atoms with Crippen molar-refractivity contribution >= 4 is 23.7 Å². The van der Waals surface area contributed by atoms with Gasteiger partial charge in [0, 0.05) is 26.0 Å². The van der Waals surface area contributed by atoms with Crippen LogP contribution in [0.5, 0.6) is 0 Å². The highest BCUT2D eigenvalue weighted by Gasteiger charge is 2.39. The van der Waals surface area contributed by atoms with E-state index in [1.54, 1.807) is 12.3 Å². The predicted molar refractivity (Wildman–Crippen MR) is 95.4 cm³/mol. The van der Waals surface area contributed by atoms with E-state index in [-0.39, 0.29) is 5.56 Å². The van der Waals surface area contributed by atoms with Gasteiger partial charge in [-0.1, -0.05) is 30.3 Å². The normalized spacial score (nSPS) is 13.5. The van der Waals surface area contributed by atoms with Crippen LogP contribution in [0.4, 0.5) is 24.5 Å². The van der Waals surface area contributed by atoms with Crippen LogP contribution in [0.3, 0.4) is 0 Å². The molecule has 0 saturated heterocycles. The number of aliphatic hydroxyl groups excluding tert-OH is 1. The minimum atomic E-state index is -4.67. The van der Waals surface area contributed by atoms with E-state index in [1.165, 1.54) is 24.3 Å². The first-order valence-corrected chi connectivity index (χ1v) is 7.60. The van der Waals surface area contributed by atoms with Crippen molar-refractivity contribution in [3.8, 4) is 0 Å². The van der Waals surface area contributed by atoms with Crippen LogP contribution >= 0.6 is 0 Å². The van der Waals surface area contributed by atoms with E-state index in [4.69, 9.17) is 5.11 Å². The second-order valence-corrected chi connectivity index (χ2v) is 5.66. The molecule has 0 aromatic heterocycles. The molecule has 1 N–H and O–H groups in total. The smallest absolute Gasteiger partial charge is 0.379 e. The molecule has 25 heavy (non-hydrogen) atoms. The Labute approximate surface area is 144 Å². The molecule has 0 spiro atoms. The van der Waals surface area contributed by atoms with E-state index in [0.29, 0.717) is 5.69 Å². The average Bonchev–Trinajstić information content (AvgIpc) is 2.58. The van der Waals surface area contributed by atoms with Gasteiger partial charge in [0.15, 0.2) is 6.10 Å². The van der Waals surface area contributed by atoms with Gasteiger partial charge in [0.2, 0.25) is 0 Å². The Bertz CT molecular complexity index is 733. The zero-order chi connectivity index (χ0) is 18.4. The zero-order valence-corrected chi connectivity index (χ0v) is 13.9. The van der Waals surface area contributed by atoms with E-state index in [2.05, 4.69) is 4.99 Å². The molecule has 132 valence electrons. The number of anilines is 1. The lowest BCUT2D eigenvalue weighted by Gasteiger charge is -2.14. The van der Waals surface area contributed by atoms with E-state index >= 15 is 0 Å². The molecule has 2 aromatic carbocycles. The van der Waals surface area contributed by atoms with Crippen LogP contribution in [-0.4, -0.2) is 31.6 Å². The minimum absolute atomic E-state index is 0.206. The molecule has 0 amide bonds. The summed E-state index contributed by atoms with van der Waals surface area (Å²) in [6.45, 7) is 0. The number of aliphatic hydroxyl groups is 1. The molecule has 0 heterocycles. The minimum Gasteiger partial charge on any atom is -0.379 e. The first-order valence-electron chi connectivity index (χ1n) is 7.60. The lowest BCUT2D eigenvalue weighted by Crippen LogP contribution is -2.19. The van der Waals surface area contributed by atoms with Gasteiger partial charge in [0.25, 0.3) is 0 Å². The molecule has 0 bridgehead atoms. The predicted octanol–water partition coefficient (Wildman–Crippen LogP) is 4.76. The number of hydrogen-bond donors (Lipinski definition) is 1. The van der Waals surface area contributed by atoms with Crippen molar-refractivity contribution in [2.45, 2.75) is 12.3 Å². The quantitative estimate of drug-likeness (QED) is 0.791. The van der Waals surface area contributed by atoms with Gasteiger partial charge in [0.1, 0.15) is 0 Å². The van der Waals surface area contributed by atoms with Gasteiger partial charge < -0.3 is 10.0 Å². The highest BCUT2D eigenvalue weighted by molar-refractivity contribution is 5.80. The Hall–Kier alpha value is -2.60. The zero-order valence-electron chi connectivity index (χ0n) is 13.9. The van der Waals surface area contributed by atoms with Gasteiger partial charge >= 0.3 is 6.18 Å². The van der Waals surface area contributed by atoms with Crippen LogP contribution in [0.2, 0.25) is 0 Å². The molecule has 0 aliphatic heterocycles. The fourth-order valence-corrected chi connectivity index (χ4v) is 2.10. The maximum absolute atomic E-state index is 12.4. The Morgan fingerprint density at radius 1 is 1.00 bits per heavy atom.